The lowest BCUT2D eigenvalue weighted by atomic mass is 10.1. The van der Waals surface area contributed by atoms with Crippen LogP contribution in [0.25, 0.3) is 0 Å². The molecule has 0 bridgehead atoms. The largest absolute Gasteiger partial charge is 0.348 e. The standard InChI is InChI=1S/C14H16N2OS/c1-2-12(13-4-3-9-18-13)16-14(17)10-11-5-7-15-8-6-11/h3-9,12H,2,10H2,1H3,(H,16,17)/t12-/m0/s1. The minimum absolute atomic E-state index is 0.0569. The third kappa shape index (κ3) is 3.40. The van der Waals surface area contributed by atoms with Crippen LogP contribution < -0.4 is 5.32 Å². The highest BCUT2D eigenvalue weighted by atomic mass is 32.1. The van der Waals surface area contributed by atoms with Gasteiger partial charge in [-0.05, 0) is 35.6 Å². The summed E-state index contributed by atoms with van der Waals surface area (Å²) in [4.78, 5) is 17.1. The minimum Gasteiger partial charge on any atom is -0.348 e. The van der Waals surface area contributed by atoms with Gasteiger partial charge < -0.3 is 5.32 Å². The lowest BCUT2D eigenvalue weighted by Crippen LogP contribution is -2.29. The summed E-state index contributed by atoms with van der Waals surface area (Å²) in [5.41, 5.74) is 0.989. The van der Waals surface area contributed by atoms with Crippen molar-refractivity contribution in [1.29, 1.82) is 0 Å². The number of carbonyl (C=O) groups is 1. The number of carbonyl (C=O) groups excluding carboxylic acids is 1. The van der Waals surface area contributed by atoms with Gasteiger partial charge in [-0.25, -0.2) is 0 Å². The van der Waals surface area contributed by atoms with Gasteiger partial charge in [0.2, 0.25) is 5.91 Å². The second-order valence-electron chi connectivity index (χ2n) is 4.08. The summed E-state index contributed by atoms with van der Waals surface area (Å²) in [6.07, 6.45) is 4.73. The van der Waals surface area contributed by atoms with Crippen molar-refractivity contribution >= 4 is 17.2 Å². The Morgan fingerprint density at radius 2 is 2.17 bits per heavy atom. The molecule has 18 heavy (non-hydrogen) atoms. The fourth-order valence-corrected chi connectivity index (χ4v) is 2.66. The number of hydrogen-bond acceptors (Lipinski definition) is 3. The van der Waals surface area contributed by atoms with Gasteiger partial charge in [-0.15, -0.1) is 11.3 Å². The van der Waals surface area contributed by atoms with E-state index in [0.717, 1.165) is 12.0 Å². The Labute approximate surface area is 111 Å². The maximum absolute atomic E-state index is 12.0. The highest BCUT2D eigenvalue weighted by Crippen LogP contribution is 2.21. The van der Waals surface area contributed by atoms with Crippen molar-refractivity contribution in [3.05, 3.63) is 52.5 Å². The predicted octanol–water partition coefficient (Wildman–Crippen LogP) is 2.95. The molecule has 1 amide bonds. The molecule has 3 nitrogen and oxygen atoms in total. The van der Waals surface area contributed by atoms with Gasteiger partial charge in [0.15, 0.2) is 0 Å². The first kappa shape index (κ1) is 12.8. The molecular formula is C14H16N2OS. The molecule has 0 aliphatic carbocycles. The number of nitrogens with one attached hydrogen (secondary N) is 1. The Kier molecular flexibility index (Phi) is 4.47. The van der Waals surface area contributed by atoms with Gasteiger partial charge in [0.05, 0.1) is 12.5 Å². The normalized spacial score (nSPS) is 12.1. The lowest BCUT2D eigenvalue weighted by molar-refractivity contribution is -0.121. The average Bonchev–Trinajstić information content (AvgIpc) is 2.91. The molecular weight excluding hydrogens is 244 g/mol. The lowest BCUT2D eigenvalue weighted by Gasteiger charge is -2.15. The Balaban J connectivity index is 1.94. The summed E-state index contributed by atoms with van der Waals surface area (Å²) in [5, 5.41) is 5.10. The van der Waals surface area contributed by atoms with E-state index in [2.05, 4.69) is 23.3 Å². The molecule has 0 fully saturated rings. The number of thiophene rings is 1. The first-order valence-electron chi connectivity index (χ1n) is 6.01. The van der Waals surface area contributed by atoms with E-state index < -0.39 is 0 Å². The second kappa shape index (κ2) is 6.31. The molecule has 0 spiro atoms. The van der Waals surface area contributed by atoms with E-state index in [9.17, 15) is 4.79 Å². The van der Waals surface area contributed by atoms with Gasteiger partial charge in [-0.1, -0.05) is 13.0 Å². The molecule has 0 unspecified atom stereocenters. The van der Waals surface area contributed by atoms with Gasteiger partial charge in [0, 0.05) is 17.3 Å². The average molecular weight is 260 g/mol. The number of pyridine rings is 1. The Morgan fingerprint density at radius 1 is 1.39 bits per heavy atom. The minimum atomic E-state index is 0.0569. The summed E-state index contributed by atoms with van der Waals surface area (Å²) >= 11 is 1.68. The van der Waals surface area contributed by atoms with Crippen LogP contribution in [0.3, 0.4) is 0 Å². The van der Waals surface area contributed by atoms with E-state index in [1.165, 1.54) is 4.88 Å². The number of hydrogen-bond donors (Lipinski definition) is 1. The summed E-state index contributed by atoms with van der Waals surface area (Å²) in [6, 6.07) is 7.93. The van der Waals surface area contributed by atoms with E-state index in [0.29, 0.717) is 6.42 Å². The molecule has 0 saturated heterocycles. The fraction of sp³-hybridized carbons (Fsp3) is 0.286. The summed E-state index contributed by atoms with van der Waals surface area (Å²) in [5.74, 6) is 0.0569. The Bertz CT molecular complexity index is 482. The van der Waals surface area contributed by atoms with Gasteiger partial charge in [0.25, 0.3) is 0 Å². The van der Waals surface area contributed by atoms with E-state index in [1.54, 1.807) is 23.7 Å². The highest BCUT2D eigenvalue weighted by molar-refractivity contribution is 7.10. The summed E-state index contributed by atoms with van der Waals surface area (Å²) in [6.45, 7) is 2.08. The Hall–Kier alpha value is -1.68. The van der Waals surface area contributed by atoms with E-state index in [-0.39, 0.29) is 11.9 Å². The van der Waals surface area contributed by atoms with Crippen LogP contribution in [-0.2, 0) is 11.2 Å². The number of amides is 1. The number of rotatable bonds is 5. The van der Waals surface area contributed by atoms with Crippen LogP contribution in [0.2, 0.25) is 0 Å². The molecule has 2 heterocycles. The smallest absolute Gasteiger partial charge is 0.224 e. The van der Waals surface area contributed by atoms with E-state index in [1.807, 2.05) is 23.6 Å². The van der Waals surface area contributed by atoms with Crippen molar-refractivity contribution in [2.45, 2.75) is 25.8 Å². The van der Waals surface area contributed by atoms with Crippen LogP contribution in [0.4, 0.5) is 0 Å². The SMILES string of the molecule is CC[C@H](NC(=O)Cc1ccncc1)c1cccs1. The first-order chi connectivity index (χ1) is 8.79. The van der Waals surface area contributed by atoms with E-state index in [4.69, 9.17) is 0 Å². The molecule has 94 valence electrons. The van der Waals surface area contributed by atoms with Crippen LogP contribution in [-0.4, -0.2) is 10.9 Å². The molecule has 2 aromatic heterocycles. The van der Waals surface area contributed by atoms with Crippen LogP contribution in [0.1, 0.15) is 29.8 Å². The van der Waals surface area contributed by atoms with Crippen molar-refractivity contribution in [3.63, 3.8) is 0 Å². The molecule has 1 atom stereocenters. The topological polar surface area (TPSA) is 42.0 Å². The van der Waals surface area contributed by atoms with Crippen molar-refractivity contribution in [2.75, 3.05) is 0 Å². The zero-order chi connectivity index (χ0) is 12.8. The van der Waals surface area contributed by atoms with Crippen LogP contribution in [0.15, 0.2) is 42.0 Å². The van der Waals surface area contributed by atoms with Gasteiger partial charge in [-0.2, -0.15) is 0 Å². The monoisotopic (exact) mass is 260 g/mol. The van der Waals surface area contributed by atoms with Crippen LogP contribution in [0.5, 0.6) is 0 Å². The third-order valence-corrected chi connectivity index (χ3v) is 3.73. The summed E-state index contributed by atoms with van der Waals surface area (Å²) < 4.78 is 0. The molecule has 0 aromatic carbocycles. The number of aromatic nitrogens is 1. The first-order valence-corrected chi connectivity index (χ1v) is 6.89. The maximum Gasteiger partial charge on any atom is 0.224 e. The molecule has 2 aromatic rings. The van der Waals surface area contributed by atoms with Gasteiger partial charge >= 0.3 is 0 Å². The van der Waals surface area contributed by atoms with Crippen LogP contribution in [0, 0.1) is 0 Å². The van der Waals surface area contributed by atoms with Crippen molar-refractivity contribution < 1.29 is 4.79 Å². The van der Waals surface area contributed by atoms with Gasteiger partial charge in [-0.3, -0.25) is 9.78 Å². The van der Waals surface area contributed by atoms with Gasteiger partial charge in [0.1, 0.15) is 0 Å². The summed E-state index contributed by atoms with van der Waals surface area (Å²) in [7, 11) is 0. The van der Waals surface area contributed by atoms with Crippen molar-refractivity contribution in [2.24, 2.45) is 0 Å². The quantitative estimate of drug-likeness (QED) is 0.898. The highest BCUT2D eigenvalue weighted by Gasteiger charge is 2.13. The molecule has 0 radical (unpaired) electrons. The molecule has 0 aliphatic rings. The molecule has 0 aliphatic heterocycles. The molecule has 0 saturated carbocycles. The van der Waals surface area contributed by atoms with Crippen molar-refractivity contribution in [1.82, 2.24) is 10.3 Å². The number of nitrogens with zero attached hydrogens (tertiary/aromatic N) is 1. The fourth-order valence-electron chi connectivity index (χ4n) is 1.80. The predicted molar refractivity (Wildman–Crippen MR) is 73.4 cm³/mol. The molecule has 4 heteroatoms. The Morgan fingerprint density at radius 3 is 2.78 bits per heavy atom. The van der Waals surface area contributed by atoms with E-state index >= 15 is 0 Å². The second-order valence-corrected chi connectivity index (χ2v) is 5.06. The zero-order valence-electron chi connectivity index (χ0n) is 10.3. The maximum atomic E-state index is 12.0. The zero-order valence-corrected chi connectivity index (χ0v) is 11.1. The molecule has 1 N–H and O–H groups in total. The van der Waals surface area contributed by atoms with Crippen molar-refractivity contribution in [3.8, 4) is 0 Å². The van der Waals surface area contributed by atoms with Crippen LogP contribution >= 0.6 is 11.3 Å². The third-order valence-electron chi connectivity index (χ3n) is 2.74. The molecule has 2 rings (SSSR count).